The fourth-order valence-electron chi connectivity index (χ4n) is 0.790. The van der Waals surface area contributed by atoms with Crippen LogP contribution >= 0.6 is 0 Å². The van der Waals surface area contributed by atoms with Gasteiger partial charge in [-0.2, -0.15) is 13.2 Å². The summed E-state index contributed by atoms with van der Waals surface area (Å²) in [6.45, 7) is 0. The lowest BCUT2D eigenvalue weighted by Crippen LogP contribution is -2.37. The molecule has 0 radical (unpaired) electrons. The van der Waals surface area contributed by atoms with Gasteiger partial charge in [-0.05, 0) is 12.1 Å². The molecule has 0 aliphatic heterocycles. The molecule has 1 amide bonds. The van der Waals surface area contributed by atoms with E-state index in [0.29, 0.717) is 0 Å². The molecule has 0 aliphatic rings. The Morgan fingerprint density at radius 1 is 1.15 bits per heavy atom. The first-order valence-electron chi connectivity index (χ1n) is 3.43. The van der Waals surface area contributed by atoms with E-state index in [1.807, 2.05) is 0 Å². The first-order valence-corrected chi connectivity index (χ1v) is 3.43. The Balaban J connectivity index is 2.71. The highest BCUT2D eigenvalue weighted by atomic mass is 19.4. The third-order valence-electron chi connectivity index (χ3n) is 1.29. The van der Waals surface area contributed by atoms with Crippen LogP contribution in [0.1, 0.15) is 10.4 Å². The van der Waals surface area contributed by atoms with Crippen molar-refractivity contribution in [3.63, 3.8) is 0 Å². The molecule has 1 N–H and O–H groups in total. The van der Waals surface area contributed by atoms with E-state index in [4.69, 9.17) is 0 Å². The Morgan fingerprint density at radius 3 is 2.15 bits per heavy atom. The monoisotopic (exact) mass is 189 g/mol. The summed E-state index contributed by atoms with van der Waals surface area (Å²) in [5.41, 5.74) is -0.0141. The SMILES string of the molecule is O=C(NC(F)(F)F)c1ccccc1. The fraction of sp³-hybridized carbons (Fsp3) is 0.125. The zero-order chi connectivity index (χ0) is 9.90. The van der Waals surface area contributed by atoms with Crippen LogP contribution in [0.2, 0.25) is 0 Å². The van der Waals surface area contributed by atoms with Gasteiger partial charge >= 0.3 is 6.30 Å². The minimum Gasteiger partial charge on any atom is -0.269 e. The van der Waals surface area contributed by atoms with Crippen molar-refractivity contribution in [2.24, 2.45) is 0 Å². The number of carbonyl (C=O) groups is 1. The molecule has 0 aliphatic carbocycles. The van der Waals surface area contributed by atoms with Crippen molar-refractivity contribution < 1.29 is 18.0 Å². The topological polar surface area (TPSA) is 29.1 Å². The molecular weight excluding hydrogens is 183 g/mol. The smallest absolute Gasteiger partial charge is 0.269 e. The van der Waals surface area contributed by atoms with Crippen molar-refractivity contribution in [3.8, 4) is 0 Å². The largest absolute Gasteiger partial charge is 0.484 e. The molecule has 70 valence electrons. The molecule has 0 heterocycles. The minimum absolute atomic E-state index is 0.0141. The summed E-state index contributed by atoms with van der Waals surface area (Å²) < 4.78 is 35.0. The van der Waals surface area contributed by atoms with Crippen LogP contribution in [-0.4, -0.2) is 12.2 Å². The van der Waals surface area contributed by atoms with Crippen molar-refractivity contribution >= 4 is 5.91 Å². The van der Waals surface area contributed by atoms with E-state index in [-0.39, 0.29) is 5.56 Å². The highest BCUT2D eigenvalue weighted by Gasteiger charge is 2.30. The third-order valence-corrected chi connectivity index (χ3v) is 1.29. The van der Waals surface area contributed by atoms with Gasteiger partial charge in [0, 0.05) is 5.56 Å². The number of alkyl halides is 3. The molecule has 2 nitrogen and oxygen atoms in total. The number of hydrogen-bond acceptors (Lipinski definition) is 1. The van der Waals surface area contributed by atoms with Gasteiger partial charge in [0.2, 0.25) is 0 Å². The van der Waals surface area contributed by atoms with Crippen molar-refractivity contribution in [3.05, 3.63) is 35.9 Å². The maximum absolute atomic E-state index is 11.7. The van der Waals surface area contributed by atoms with Gasteiger partial charge in [-0.1, -0.05) is 18.2 Å². The molecule has 5 heteroatoms. The number of amides is 1. The first kappa shape index (κ1) is 9.57. The summed E-state index contributed by atoms with van der Waals surface area (Å²) >= 11 is 0. The second-order valence-electron chi connectivity index (χ2n) is 2.32. The van der Waals surface area contributed by atoms with Crippen LogP contribution in [0.25, 0.3) is 0 Å². The van der Waals surface area contributed by atoms with Gasteiger partial charge in [0.25, 0.3) is 5.91 Å². The number of nitrogens with one attached hydrogen (secondary N) is 1. The zero-order valence-electron chi connectivity index (χ0n) is 6.43. The predicted molar refractivity (Wildman–Crippen MR) is 40.0 cm³/mol. The fourth-order valence-corrected chi connectivity index (χ4v) is 0.790. The molecule has 0 unspecified atom stereocenters. The Hall–Kier alpha value is -1.52. The molecule has 0 atom stereocenters. The molecule has 0 fully saturated rings. The van der Waals surface area contributed by atoms with E-state index in [9.17, 15) is 18.0 Å². The van der Waals surface area contributed by atoms with Crippen LogP contribution in [0, 0.1) is 0 Å². The van der Waals surface area contributed by atoms with Crippen molar-refractivity contribution in [1.82, 2.24) is 5.32 Å². The number of carbonyl (C=O) groups excluding carboxylic acids is 1. The predicted octanol–water partition coefficient (Wildman–Crippen LogP) is 1.94. The van der Waals surface area contributed by atoms with Gasteiger partial charge in [-0.15, -0.1) is 0 Å². The quantitative estimate of drug-likeness (QED) is 0.672. The first-order chi connectivity index (χ1) is 5.99. The number of rotatable bonds is 1. The lowest BCUT2D eigenvalue weighted by Gasteiger charge is -2.07. The molecular formula is C8H6F3NO. The maximum Gasteiger partial charge on any atom is 0.484 e. The second-order valence-corrected chi connectivity index (χ2v) is 2.32. The molecule has 0 aromatic heterocycles. The van der Waals surface area contributed by atoms with Crippen LogP contribution in [0.3, 0.4) is 0 Å². The third kappa shape index (κ3) is 3.14. The number of halogens is 3. The van der Waals surface area contributed by atoms with Gasteiger partial charge in [0.1, 0.15) is 0 Å². The molecule has 0 saturated heterocycles. The van der Waals surface area contributed by atoms with Crippen LogP contribution in [0.5, 0.6) is 0 Å². The summed E-state index contributed by atoms with van der Waals surface area (Å²) in [5, 5.41) is 0.896. The maximum atomic E-state index is 11.7. The summed E-state index contributed by atoms with van der Waals surface area (Å²) in [4.78, 5) is 10.8. The van der Waals surface area contributed by atoms with Gasteiger partial charge in [0.15, 0.2) is 0 Å². The normalized spacial score (nSPS) is 11.0. The Kier molecular flexibility index (Phi) is 2.55. The average molecular weight is 189 g/mol. The van der Waals surface area contributed by atoms with E-state index < -0.39 is 12.2 Å². The molecule has 0 bridgehead atoms. The zero-order valence-corrected chi connectivity index (χ0v) is 6.43. The lowest BCUT2D eigenvalue weighted by molar-refractivity contribution is -0.146. The van der Waals surface area contributed by atoms with E-state index in [2.05, 4.69) is 0 Å². The average Bonchev–Trinajstić information content (AvgIpc) is 2.03. The van der Waals surface area contributed by atoms with Gasteiger partial charge in [-0.25, -0.2) is 0 Å². The second kappa shape index (κ2) is 3.47. The van der Waals surface area contributed by atoms with Crippen molar-refractivity contribution in [2.45, 2.75) is 6.30 Å². The molecule has 0 saturated carbocycles. The summed E-state index contributed by atoms with van der Waals surface area (Å²) in [6, 6.07) is 7.21. The highest BCUT2D eigenvalue weighted by molar-refractivity contribution is 5.94. The number of hydrogen-bond donors (Lipinski definition) is 1. The lowest BCUT2D eigenvalue weighted by atomic mass is 10.2. The highest BCUT2D eigenvalue weighted by Crippen LogP contribution is 2.11. The van der Waals surface area contributed by atoms with E-state index in [1.54, 1.807) is 6.07 Å². The van der Waals surface area contributed by atoms with E-state index in [1.165, 1.54) is 24.3 Å². The molecule has 1 aromatic rings. The van der Waals surface area contributed by atoms with Gasteiger partial charge in [0.05, 0.1) is 0 Å². The van der Waals surface area contributed by atoms with Crippen LogP contribution in [0.15, 0.2) is 30.3 Å². The van der Waals surface area contributed by atoms with Crippen LogP contribution < -0.4 is 5.32 Å². The number of benzene rings is 1. The standard InChI is InChI=1S/C8H6F3NO/c9-8(10,11)12-7(13)6-4-2-1-3-5-6/h1-5H,(H,12,13). The van der Waals surface area contributed by atoms with Crippen LogP contribution in [-0.2, 0) is 0 Å². The Bertz CT molecular complexity index is 294. The minimum atomic E-state index is -4.67. The molecule has 13 heavy (non-hydrogen) atoms. The van der Waals surface area contributed by atoms with Crippen molar-refractivity contribution in [1.29, 1.82) is 0 Å². The summed E-state index contributed by atoms with van der Waals surface area (Å²) in [5.74, 6) is -1.15. The summed E-state index contributed by atoms with van der Waals surface area (Å²) in [7, 11) is 0. The molecule has 0 spiro atoms. The Labute approximate surface area is 72.4 Å². The Morgan fingerprint density at radius 2 is 1.69 bits per heavy atom. The van der Waals surface area contributed by atoms with Gasteiger partial charge < -0.3 is 0 Å². The van der Waals surface area contributed by atoms with E-state index >= 15 is 0 Å². The van der Waals surface area contributed by atoms with Crippen LogP contribution in [0.4, 0.5) is 13.2 Å². The molecule has 1 rings (SSSR count). The van der Waals surface area contributed by atoms with Crippen molar-refractivity contribution in [2.75, 3.05) is 0 Å². The molecule has 1 aromatic carbocycles. The summed E-state index contributed by atoms with van der Waals surface area (Å²) in [6.07, 6.45) is -4.67. The van der Waals surface area contributed by atoms with E-state index in [0.717, 1.165) is 5.32 Å². The van der Waals surface area contributed by atoms with Gasteiger partial charge in [-0.3, -0.25) is 10.1 Å².